The fourth-order valence-electron chi connectivity index (χ4n) is 6.25. The Morgan fingerprint density at radius 1 is 1.00 bits per heavy atom. The number of rotatable bonds is 5. The minimum Gasteiger partial charge on any atom is -0.414 e. The number of aromatic nitrogens is 2. The summed E-state index contributed by atoms with van der Waals surface area (Å²) in [5.41, 5.74) is -1.04. The average Bonchev–Trinajstić information content (AvgIpc) is 3.34. The van der Waals surface area contributed by atoms with E-state index in [1.807, 2.05) is 0 Å². The number of fused-ring (bicyclic) bond motifs is 2. The lowest BCUT2D eigenvalue weighted by Crippen LogP contribution is -2.67. The van der Waals surface area contributed by atoms with Gasteiger partial charge >= 0.3 is 22.8 Å². The molecule has 11 heteroatoms. The van der Waals surface area contributed by atoms with E-state index in [0.29, 0.717) is 19.6 Å². The van der Waals surface area contributed by atoms with E-state index in [2.05, 4.69) is 60.4 Å². The molecule has 1 aromatic heterocycles. The molecule has 3 saturated heterocycles. The SMILES string of the molecule is CC(C)[Si]1(C(C)C)OCC2OC(n3ccc(=O)[nH]c3=O)[C@@]3(CCCO3)[C@@H]2O[Si](C(C)C)(C(C)C)O1. The molecule has 198 valence electrons. The number of hydrogen-bond acceptors (Lipinski definition) is 7. The summed E-state index contributed by atoms with van der Waals surface area (Å²) in [4.78, 5) is 26.9. The van der Waals surface area contributed by atoms with E-state index in [1.165, 1.54) is 16.8 Å². The van der Waals surface area contributed by atoms with E-state index in [9.17, 15) is 9.59 Å². The summed E-state index contributed by atoms with van der Waals surface area (Å²) in [5.74, 6) is 0. The first-order chi connectivity index (χ1) is 16.4. The first kappa shape index (κ1) is 27.0. The maximum Gasteiger partial charge on any atom is 0.335 e. The average molecular weight is 527 g/mol. The highest BCUT2D eigenvalue weighted by Gasteiger charge is 2.67. The van der Waals surface area contributed by atoms with Gasteiger partial charge in [0.15, 0.2) is 6.23 Å². The Balaban J connectivity index is 1.87. The molecule has 0 aliphatic carbocycles. The molecule has 0 amide bonds. The molecule has 0 radical (unpaired) electrons. The van der Waals surface area contributed by atoms with Crippen LogP contribution in [0.15, 0.2) is 21.9 Å². The summed E-state index contributed by atoms with van der Waals surface area (Å²) in [7, 11) is -5.59. The van der Waals surface area contributed by atoms with Gasteiger partial charge in [0.1, 0.15) is 17.8 Å². The smallest absolute Gasteiger partial charge is 0.335 e. The van der Waals surface area contributed by atoms with Gasteiger partial charge in [-0.05, 0) is 35.0 Å². The molecule has 35 heavy (non-hydrogen) atoms. The number of ether oxygens (including phenoxy) is 2. The van der Waals surface area contributed by atoms with E-state index in [4.69, 9.17) is 22.4 Å². The second-order valence-electron chi connectivity index (χ2n) is 11.5. The Labute approximate surface area is 210 Å². The second-order valence-corrected chi connectivity index (χ2v) is 20.3. The zero-order valence-corrected chi connectivity index (χ0v) is 24.3. The topological polar surface area (TPSA) is 101 Å². The van der Waals surface area contributed by atoms with Crippen LogP contribution in [0.4, 0.5) is 0 Å². The Kier molecular flexibility index (Phi) is 7.44. The summed E-state index contributed by atoms with van der Waals surface area (Å²) < 4.78 is 35.9. The van der Waals surface area contributed by atoms with Crippen LogP contribution >= 0.6 is 0 Å². The van der Waals surface area contributed by atoms with Crippen molar-refractivity contribution >= 4 is 17.1 Å². The predicted molar refractivity (Wildman–Crippen MR) is 137 cm³/mol. The molecule has 0 aromatic carbocycles. The van der Waals surface area contributed by atoms with E-state index >= 15 is 0 Å². The molecule has 4 rings (SSSR count). The maximum atomic E-state index is 12.8. The van der Waals surface area contributed by atoms with Gasteiger partial charge in [0.25, 0.3) is 5.56 Å². The summed E-state index contributed by atoms with van der Waals surface area (Å²) in [6, 6.07) is 1.34. The molecule has 0 saturated carbocycles. The maximum absolute atomic E-state index is 12.8. The Morgan fingerprint density at radius 2 is 1.63 bits per heavy atom. The van der Waals surface area contributed by atoms with Gasteiger partial charge in [-0.25, -0.2) is 4.79 Å². The first-order valence-corrected chi connectivity index (χ1v) is 17.0. The van der Waals surface area contributed by atoms with Crippen LogP contribution in [0.1, 0.15) is 74.5 Å². The van der Waals surface area contributed by atoms with Crippen LogP contribution in [0.5, 0.6) is 0 Å². The molecule has 4 heterocycles. The van der Waals surface area contributed by atoms with Crippen molar-refractivity contribution in [2.75, 3.05) is 13.2 Å². The van der Waals surface area contributed by atoms with Gasteiger partial charge < -0.3 is 22.4 Å². The van der Waals surface area contributed by atoms with Crippen LogP contribution in [-0.4, -0.2) is 57.7 Å². The predicted octanol–water partition coefficient (Wildman–Crippen LogP) is 3.94. The van der Waals surface area contributed by atoms with Crippen molar-refractivity contribution < 1.29 is 22.4 Å². The number of H-pyrrole nitrogens is 1. The van der Waals surface area contributed by atoms with Gasteiger partial charge in [0.2, 0.25) is 0 Å². The monoisotopic (exact) mass is 526 g/mol. The van der Waals surface area contributed by atoms with Crippen molar-refractivity contribution in [1.29, 1.82) is 0 Å². The van der Waals surface area contributed by atoms with Gasteiger partial charge in [-0.2, -0.15) is 0 Å². The van der Waals surface area contributed by atoms with Crippen LogP contribution in [-0.2, 0) is 22.4 Å². The minimum atomic E-state index is -2.88. The lowest BCUT2D eigenvalue weighted by atomic mass is 9.91. The van der Waals surface area contributed by atoms with Crippen molar-refractivity contribution in [3.05, 3.63) is 33.1 Å². The molecular formula is C24H42N2O7Si2. The molecule has 1 aromatic rings. The van der Waals surface area contributed by atoms with E-state index in [1.54, 1.807) is 0 Å². The van der Waals surface area contributed by atoms with Gasteiger partial charge in [0, 0.05) is 18.9 Å². The molecule has 4 atom stereocenters. The number of nitrogens with one attached hydrogen (secondary N) is 1. The third-order valence-corrected chi connectivity index (χ3v) is 18.3. The molecule has 3 fully saturated rings. The number of nitrogens with zero attached hydrogens (tertiary/aromatic N) is 1. The van der Waals surface area contributed by atoms with Crippen molar-refractivity contribution in [2.24, 2.45) is 0 Å². The largest absolute Gasteiger partial charge is 0.414 e. The Morgan fingerprint density at radius 3 is 2.14 bits per heavy atom. The Hall–Kier alpha value is -1.09. The highest BCUT2D eigenvalue weighted by atomic mass is 28.5. The Bertz CT molecular complexity index is 1000. The number of aromatic amines is 1. The van der Waals surface area contributed by atoms with Gasteiger partial charge in [-0.1, -0.05) is 55.4 Å². The highest BCUT2D eigenvalue weighted by Crippen LogP contribution is 2.54. The first-order valence-electron chi connectivity index (χ1n) is 13.0. The van der Waals surface area contributed by atoms with Crippen LogP contribution in [0.2, 0.25) is 22.2 Å². The minimum absolute atomic E-state index is 0.169. The summed E-state index contributed by atoms with van der Waals surface area (Å²) in [5, 5.41) is 0. The van der Waals surface area contributed by atoms with E-state index in [0.717, 1.165) is 6.42 Å². The molecule has 3 aliphatic rings. The van der Waals surface area contributed by atoms with Gasteiger partial charge in [0.05, 0.1) is 6.61 Å². The van der Waals surface area contributed by atoms with Crippen LogP contribution in [0.25, 0.3) is 0 Å². The summed E-state index contributed by atoms with van der Waals surface area (Å²) in [6.45, 7) is 18.4. The third kappa shape index (κ3) is 4.26. The second kappa shape index (κ2) is 9.66. The molecular weight excluding hydrogens is 484 g/mol. The van der Waals surface area contributed by atoms with Crippen molar-refractivity contribution in [2.45, 2.75) is 114 Å². The fourth-order valence-corrected chi connectivity index (χ4v) is 17.5. The molecule has 3 aliphatic heterocycles. The molecule has 9 nitrogen and oxygen atoms in total. The van der Waals surface area contributed by atoms with Crippen LogP contribution in [0.3, 0.4) is 0 Å². The van der Waals surface area contributed by atoms with Crippen LogP contribution in [0, 0.1) is 0 Å². The lowest BCUT2D eigenvalue weighted by Gasteiger charge is -2.52. The van der Waals surface area contributed by atoms with Crippen LogP contribution < -0.4 is 11.2 Å². The quantitative estimate of drug-likeness (QED) is 0.580. The molecule has 1 spiro atoms. The number of hydrogen-bond donors (Lipinski definition) is 1. The third-order valence-electron chi connectivity index (χ3n) is 8.05. The fraction of sp³-hybridized carbons (Fsp3) is 0.833. The molecule has 0 bridgehead atoms. The van der Waals surface area contributed by atoms with Crippen molar-refractivity contribution in [3.8, 4) is 0 Å². The van der Waals surface area contributed by atoms with E-state index < -0.39 is 52.4 Å². The summed E-state index contributed by atoms with van der Waals surface area (Å²) >= 11 is 0. The lowest BCUT2D eigenvalue weighted by molar-refractivity contribution is -0.121. The van der Waals surface area contributed by atoms with Gasteiger partial charge in [-0.15, -0.1) is 0 Å². The normalized spacial score (nSPS) is 32.5. The van der Waals surface area contributed by atoms with Gasteiger partial charge in [-0.3, -0.25) is 14.3 Å². The highest BCUT2D eigenvalue weighted by molar-refractivity contribution is 6.84. The zero-order chi connectivity index (χ0) is 25.8. The standard InChI is InChI=1S/C24H42N2O7Si2/c1-15(2)34(16(3)4)30-14-19-21(32-35(33-34,17(5)6)18(7)8)24(11-9-13-29-24)22(31-19)26-12-10-20(27)25-23(26)28/h10,12,15-19,21-22H,9,11,13-14H2,1-8H3,(H,25,27,28)/t19?,21-,22?,24-/m1/s1. The molecule has 1 N–H and O–H groups in total. The zero-order valence-electron chi connectivity index (χ0n) is 22.3. The molecule has 2 unspecified atom stereocenters. The van der Waals surface area contributed by atoms with Crippen molar-refractivity contribution in [1.82, 2.24) is 9.55 Å². The summed E-state index contributed by atoms with van der Waals surface area (Å²) in [6.07, 6.45) is 1.41. The van der Waals surface area contributed by atoms with Crippen molar-refractivity contribution in [3.63, 3.8) is 0 Å². The van der Waals surface area contributed by atoms with E-state index in [-0.39, 0.29) is 22.2 Å².